The average Bonchev–Trinajstić information content (AvgIpc) is 3.33. The van der Waals surface area contributed by atoms with Gasteiger partial charge in [0.05, 0.1) is 18.0 Å². The maximum absolute atomic E-state index is 11.6. The van der Waals surface area contributed by atoms with Crippen LogP contribution >= 0.6 is 0 Å². The van der Waals surface area contributed by atoms with Crippen LogP contribution in [0.5, 0.6) is 0 Å². The maximum atomic E-state index is 11.6. The fourth-order valence-electron chi connectivity index (χ4n) is 2.83. The number of aromatic nitrogens is 5. The molecule has 126 valence electrons. The van der Waals surface area contributed by atoms with Gasteiger partial charge in [-0.3, -0.25) is 0 Å². The number of hydrogen-bond donors (Lipinski definition) is 1. The Morgan fingerprint density at radius 1 is 1.32 bits per heavy atom. The predicted octanol–water partition coefficient (Wildman–Crippen LogP) is 2.36. The summed E-state index contributed by atoms with van der Waals surface area (Å²) in [6.07, 6.45) is 5.23. The summed E-state index contributed by atoms with van der Waals surface area (Å²) in [6, 6.07) is 8.34. The second kappa shape index (κ2) is 5.90. The number of aliphatic carboxylic acids is 1. The van der Waals surface area contributed by atoms with E-state index in [0.717, 1.165) is 11.3 Å². The zero-order chi connectivity index (χ0) is 17.4. The van der Waals surface area contributed by atoms with Gasteiger partial charge in [0.2, 0.25) is 0 Å². The number of aryl methyl sites for hydroxylation is 1. The molecule has 8 heteroatoms. The van der Waals surface area contributed by atoms with Crippen LogP contribution in [0.4, 0.5) is 0 Å². The van der Waals surface area contributed by atoms with Crippen LogP contribution in [-0.2, 0) is 11.2 Å². The third kappa shape index (κ3) is 2.67. The van der Waals surface area contributed by atoms with Gasteiger partial charge in [0, 0.05) is 12.6 Å². The van der Waals surface area contributed by atoms with E-state index >= 15 is 0 Å². The average molecular weight is 337 g/mol. The van der Waals surface area contributed by atoms with E-state index in [1.807, 2.05) is 35.7 Å². The number of pyridine rings is 1. The van der Waals surface area contributed by atoms with Crippen molar-refractivity contribution in [2.75, 3.05) is 0 Å². The molecule has 0 aliphatic carbocycles. The van der Waals surface area contributed by atoms with E-state index in [2.05, 4.69) is 15.3 Å². The highest BCUT2D eigenvalue weighted by atomic mass is 16.4. The first-order valence-electron chi connectivity index (χ1n) is 7.74. The summed E-state index contributed by atoms with van der Waals surface area (Å²) >= 11 is 0. The highest BCUT2D eigenvalue weighted by Gasteiger charge is 2.24. The van der Waals surface area contributed by atoms with Gasteiger partial charge in [-0.25, -0.2) is 14.5 Å². The lowest BCUT2D eigenvalue weighted by atomic mass is 10.1. The van der Waals surface area contributed by atoms with Crippen molar-refractivity contribution in [2.24, 2.45) is 0 Å². The summed E-state index contributed by atoms with van der Waals surface area (Å²) in [5, 5.41) is 17.7. The minimum absolute atomic E-state index is 0.189. The second-order valence-electron chi connectivity index (χ2n) is 5.68. The lowest BCUT2D eigenvalue weighted by molar-refractivity contribution is -0.141. The lowest BCUT2D eigenvalue weighted by Gasteiger charge is -2.09. The van der Waals surface area contributed by atoms with Gasteiger partial charge in [-0.2, -0.15) is 0 Å². The molecule has 0 aliphatic rings. The van der Waals surface area contributed by atoms with Crippen molar-refractivity contribution in [1.29, 1.82) is 0 Å². The Balaban J connectivity index is 1.72. The molecule has 4 aromatic rings. The molecule has 0 amide bonds. The number of nitrogens with zero attached hydrogens (tertiary/aromatic N) is 5. The van der Waals surface area contributed by atoms with Crippen molar-refractivity contribution in [1.82, 2.24) is 24.4 Å². The monoisotopic (exact) mass is 337 g/mol. The second-order valence-corrected chi connectivity index (χ2v) is 5.68. The molecule has 4 rings (SSSR count). The third-order valence-electron chi connectivity index (χ3n) is 4.06. The number of carbonyl (C=O) groups is 1. The molecule has 0 saturated heterocycles. The zero-order valence-electron chi connectivity index (χ0n) is 13.4. The number of furan rings is 1. The van der Waals surface area contributed by atoms with Crippen molar-refractivity contribution < 1.29 is 14.3 Å². The van der Waals surface area contributed by atoms with Crippen molar-refractivity contribution in [3.05, 3.63) is 60.6 Å². The molecular weight excluding hydrogens is 322 g/mol. The van der Waals surface area contributed by atoms with E-state index in [1.165, 1.54) is 10.9 Å². The van der Waals surface area contributed by atoms with Crippen LogP contribution in [0.25, 0.3) is 16.9 Å². The van der Waals surface area contributed by atoms with Crippen LogP contribution < -0.4 is 0 Å². The molecule has 0 bridgehead atoms. The molecule has 1 atom stereocenters. The van der Waals surface area contributed by atoms with Crippen molar-refractivity contribution >= 4 is 11.5 Å². The van der Waals surface area contributed by atoms with Gasteiger partial charge in [-0.05, 0) is 31.2 Å². The number of hydrogen-bond acceptors (Lipinski definition) is 5. The summed E-state index contributed by atoms with van der Waals surface area (Å²) in [7, 11) is 0. The summed E-state index contributed by atoms with van der Waals surface area (Å²) in [4.78, 5) is 16.2. The van der Waals surface area contributed by atoms with Crippen LogP contribution in [0, 0.1) is 6.92 Å². The smallest absolute Gasteiger partial charge is 0.329 e. The molecule has 0 aromatic carbocycles. The van der Waals surface area contributed by atoms with Crippen molar-refractivity contribution in [2.45, 2.75) is 19.4 Å². The van der Waals surface area contributed by atoms with Gasteiger partial charge in [0.15, 0.2) is 6.04 Å². The molecule has 4 heterocycles. The van der Waals surface area contributed by atoms with E-state index in [4.69, 9.17) is 4.42 Å². The molecule has 25 heavy (non-hydrogen) atoms. The first-order valence-corrected chi connectivity index (χ1v) is 7.74. The van der Waals surface area contributed by atoms with E-state index in [1.54, 1.807) is 18.3 Å². The highest BCUT2D eigenvalue weighted by molar-refractivity contribution is 5.75. The number of carboxylic acids is 1. The molecule has 0 spiro atoms. The third-order valence-corrected chi connectivity index (χ3v) is 4.06. The predicted molar refractivity (Wildman–Crippen MR) is 88.0 cm³/mol. The van der Waals surface area contributed by atoms with Gasteiger partial charge >= 0.3 is 5.97 Å². The largest absolute Gasteiger partial charge is 0.480 e. The fourth-order valence-corrected chi connectivity index (χ4v) is 2.83. The Bertz CT molecular complexity index is 1030. The quantitative estimate of drug-likeness (QED) is 0.600. The van der Waals surface area contributed by atoms with Crippen LogP contribution in [0.15, 0.2) is 53.4 Å². The number of fused-ring (bicyclic) bond motifs is 1. The van der Waals surface area contributed by atoms with Gasteiger partial charge < -0.3 is 13.9 Å². The first-order chi connectivity index (χ1) is 12.1. The highest BCUT2D eigenvalue weighted by Crippen LogP contribution is 2.24. The molecule has 0 saturated carbocycles. The van der Waals surface area contributed by atoms with Crippen molar-refractivity contribution in [3.63, 3.8) is 0 Å². The summed E-state index contributed by atoms with van der Waals surface area (Å²) in [5.41, 5.74) is 2.10. The molecule has 0 fully saturated rings. The van der Waals surface area contributed by atoms with E-state index in [9.17, 15) is 9.90 Å². The topological polar surface area (TPSA) is 98.5 Å². The molecular formula is C17H15N5O3. The van der Waals surface area contributed by atoms with E-state index in [0.29, 0.717) is 17.1 Å². The molecule has 0 aliphatic heterocycles. The summed E-state index contributed by atoms with van der Waals surface area (Å²) < 4.78 is 8.53. The van der Waals surface area contributed by atoms with Gasteiger partial charge in [0.25, 0.3) is 0 Å². The molecule has 4 aromatic heterocycles. The van der Waals surface area contributed by atoms with E-state index in [-0.39, 0.29) is 6.42 Å². The molecule has 1 unspecified atom stereocenters. The SMILES string of the molecule is Cc1nc(-c2cn(C(Cc3ccco3)C(=O)O)nn2)c2ccccn12. The summed E-state index contributed by atoms with van der Waals surface area (Å²) in [5.74, 6) is 0.400. The Labute approximate surface area is 142 Å². The Kier molecular flexibility index (Phi) is 3.57. The lowest BCUT2D eigenvalue weighted by Crippen LogP contribution is -2.21. The minimum atomic E-state index is -1.00. The Hall–Kier alpha value is -3.42. The van der Waals surface area contributed by atoms with Crippen LogP contribution in [0.1, 0.15) is 17.6 Å². The molecule has 1 N–H and O–H groups in total. The number of carboxylic acid groups (broad SMARTS) is 1. The number of rotatable bonds is 5. The van der Waals surface area contributed by atoms with Crippen molar-refractivity contribution in [3.8, 4) is 11.4 Å². The number of imidazole rings is 1. The molecule has 8 nitrogen and oxygen atoms in total. The van der Waals surface area contributed by atoms with Crippen LogP contribution in [0.2, 0.25) is 0 Å². The minimum Gasteiger partial charge on any atom is -0.480 e. The van der Waals surface area contributed by atoms with Gasteiger partial charge in [-0.1, -0.05) is 11.3 Å². The first kappa shape index (κ1) is 15.1. The standard InChI is InChI=1S/C17H15N5O3/c1-11-18-16(14-6-2-3-7-21(11)14)13-10-22(20-19-13)15(17(23)24)9-12-5-4-8-25-12/h2-8,10,15H,9H2,1H3,(H,23,24). The van der Waals surface area contributed by atoms with E-state index < -0.39 is 12.0 Å². The maximum Gasteiger partial charge on any atom is 0.329 e. The zero-order valence-corrected chi connectivity index (χ0v) is 13.4. The van der Waals surface area contributed by atoms with Crippen LogP contribution in [-0.4, -0.2) is 35.5 Å². The Morgan fingerprint density at radius 2 is 2.20 bits per heavy atom. The Morgan fingerprint density at radius 3 is 2.96 bits per heavy atom. The normalized spacial score (nSPS) is 12.5. The van der Waals surface area contributed by atoms with Crippen LogP contribution in [0.3, 0.4) is 0 Å². The van der Waals surface area contributed by atoms with Gasteiger partial charge in [0.1, 0.15) is 23.0 Å². The molecule has 0 radical (unpaired) electrons. The summed E-state index contributed by atoms with van der Waals surface area (Å²) in [6.45, 7) is 1.90. The fraction of sp³-hybridized carbons (Fsp3) is 0.176. The van der Waals surface area contributed by atoms with Gasteiger partial charge in [-0.15, -0.1) is 5.10 Å².